The van der Waals surface area contributed by atoms with Gasteiger partial charge in [-0.25, -0.2) is 4.79 Å². The van der Waals surface area contributed by atoms with Crippen molar-refractivity contribution in [3.63, 3.8) is 0 Å². The van der Waals surface area contributed by atoms with Gasteiger partial charge in [0.25, 0.3) is 5.91 Å². The van der Waals surface area contributed by atoms with Gasteiger partial charge in [0.05, 0.1) is 0 Å². The Morgan fingerprint density at radius 3 is 2.65 bits per heavy atom. The van der Waals surface area contributed by atoms with Gasteiger partial charge in [0.15, 0.2) is 6.61 Å². The number of amides is 1. The maximum atomic E-state index is 11.7. The first kappa shape index (κ1) is 16.0. The summed E-state index contributed by atoms with van der Waals surface area (Å²) >= 11 is 0. The molecule has 0 aliphatic carbocycles. The number of aryl methyl sites for hydroxylation is 1. The van der Waals surface area contributed by atoms with Crippen LogP contribution in [0.15, 0.2) is 24.3 Å². The fourth-order valence-electron chi connectivity index (χ4n) is 1.76. The number of carbonyl (C=O) groups excluding carboxylic acids is 1. The number of hydrogen-bond donors (Lipinski definition) is 2. The van der Waals surface area contributed by atoms with E-state index in [0.717, 1.165) is 18.4 Å². The SMILES string of the molecule is CCCC[C@H](NC(=O)COc1ccccc1C)C(=O)O. The molecule has 0 saturated carbocycles. The van der Waals surface area contributed by atoms with Gasteiger partial charge in [-0.3, -0.25) is 4.79 Å². The molecule has 2 N–H and O–H groups in total. The Labute approximate surface area is 118 Å². The Morgan fingerprint density at radius 1 is 1.35 bits per heavy atom. The molecule has 1 atom stereocenters. The highest BCUT2D eigenvalue weighted by Crippen LogP contribution is 2.15. The van der Waals surface area contributed by atoms with Crippen LogP contribution >= 0.6 is 0 Å². The van der Waals surface area contributed by atoms with Gasteiger partial charge in [0.1, 0.15) is 11.8 Å². The topological polar surface area (TPSA) is 75.6 Å². The molecule has 0 heterocycles. The average Bonchev–Trinajstić information content (AvgIpc) is 2.42. The molecule has 110 valence electrons. The van der Waals surface area contributed by atoms with Crippen molar-refractivity contribution in [2.75, 3.05) is 6.61 Å². The van der Waals surface area contributed by atoms with Gasteiger partial charge in [-0.1, -0.05) is 38.0 Å². The average molecular weight is 279 g/mol. The van der Waals surface area contributed by atoms with E-state index in [1.165, 1.54) is 0 Å². The number of carbonyl (C=O) groups is 2. The van der Waals surface area contributed by atoms with E-state index in [1.807, 2.05) is 32.0 Å². The van der Waals surface area contributed by atoms with E-state index >= 15 is 0 Å². The zero-order valence-corrected chi connectivity index (χ0v) is 11.9. The third-order valence-corrected chi connectivity index (χ3v) is 2.93. The summed E-state index contributed by atoms with van der Waals surface area (Å²) in [4.78, 5) is 22.7. The van der Waals surface area contributed by atoms with Gasteiger partial charge in [-0.15, -0.1) is 0 Å². The second-order valence-corrected chi connectivity index (χ2v) is 4.65. The Balaban J connectivity index is 2.46. The number of unbranched alkanes of at least 4 members (excludes halogenated alkanes) is 1. The summed E-state index contributed by atoms with van der Waals surface area (Å²) in [6.07, 6.45) is 2.08. The van der Waals surface area contributed by atoms with Crippen molar-refractivity contribution in [3.8, 4) is 5.75 Å². The van der Waals surface area contributed by atoms with Crippen molar-refractivity contribution in [3.05, 3.63) is 29.8 Å². The molecular formula is C15H21NO4. The zero-order valence-electron chi connectivity index (χ0n) is 11.9. The number of aliphatic carboxylic acids is 1. The van der Waals surface area contributed by atoms with Crippen LogP contribution in [0.2, 0.25) is 0 Å². The van der Waals surface area contributed by atoms with Crippen LogP contribution in [-0.2, 0) is 9.59 Å². The normalized spacial score (nSPS) is 11.7. The van der Waals surface area contributed by atoms with Gasteiger partial charge >= 0.3 is 5.97 Å². The molecular weight excluding hydrogens is 258 g/mol. The molecule has 0 spiro atoms. The molecule has 0 radical (unpaired) electrons. The summed E-state index contributed by atoms with van der Waals surface area (Å²) in [5.74, 6) is -0.803. The number of benzene rings is 1. The van der Waals surface area contributed by atoms with E-state index < -0.39 is 17.9 Å². The predicted octanol–water partition coefficient (Wildman–Crippen LogP) is 2.13. The van der Waals surface area contributed by atoms with Gasteiger partial charge < -0.3 is 15.2 Å². The maximum absolute atomic E-state index is 11.7. The van der Waals surface area contributed by atoms with Crippen molar-refractivity contribution in [1.29, 1.82) is 0 Å². The Morgan fingerprint density at radius 2 is 2.05 bits per heavy atom. The number of para-hydroxylation sites is 1. The van der Waals surface area contributed by atoms with Crippen LogP contribution in [0.5, 0.6) is 5.75 Å². The first-order valence-electron chi connectivity index (χ1n) is 6.75. The third-order valence-electron chi connectivity index (χ3n) is 2.93. The van der Waals surface area contributed by atoms with Crippen molar-refractivity contribution < 1.29 is 19.4 Å². The number of nitrogens with one attached hydrogen (secondary N) is 1. The molecule has 0 fully saturated rings. The Bertz CT molecular complexity index is 459. The second-order valence-electron chi connectivity index (χ2n) is 4.65. The molecule has 0 bridgehead atoms. The highest BCUT2D eigenvalue weighted by atomic mass is 16.5. The zero-order chi connectivity index (χ0) is 15.0. The Hall–Kier alpha value is -2.04. The van der Waals surface area contributed by atoms with Crippen LogP contribution in [0.1, 0.15) is 31.7 Å². The lowest BCUT2D eigenvalue weighted by atomic mass is 10.1. The number of ether oxygens (including phenoxy) is 1. The lowest BCUT2D eigenvalue weighted by Gasteiger charge is -2.15. The molecule has 0 aliphatic rings. The molecule has 1 aromatic rings. The largest absolute Gasteiger partial charge is 0.484 e. The standard InChI is InChI=1S/C15H21NO4/c1-3-4-8-12(15(18)19)16-14(17)10-20-13-9-6-5-7-11(13)2/h5-7,9,12H,3-4,8,10H2,1-2H3,(H,16,17)(H,18,19)/t12-/m0/s1. The van der Waals surface area contributed by atoms with Crippen LogP contribution in [0.25, 0.3) is 0 Å². The fraction of sp³-hybridized carbons (Fsp3) is 0.467. The summed E-state index contributed by atoms with van der Waals surface area (Å²) in [6, 6.07) is 6.51. The van der Waals surface area contributed by atoms with Crippen LogP contribution in [0.4, 0.5) is 0 Å². The molecule has 0 aromatic heterocycles. The summed E-state index contributed by atoms with van der Waals surface area (Å²) in [7, 11) is 0. The molecule has 1 aromatic carbocycles. The summed E-state index contributed by atoms with van der Waals surface area (Å²) in [5.41, 5.74) is 0.932. The van der Waals surface area contributed by atoms with Gasteiger partial charge in [0.2, 0.25) is 0 Å². The predicted molar refractivity (Wildman–Crippen MR) is 75.8 cm³/mol. The minimum absolute atomic E-state index is 0.180. The number of rotatable bonds is 8. The van der Waals surface area contributed by atoms with Crippen molar-refractivity contribution in [2.24, 2.45) is 0 Å². The molecule has 0 aliphatic heterocycles. The van der Waals surface area contributed by atoms with Gasteiger partial charge in [-0.05, 0) is 25.0 Å². The molecule has 0 saturated heterocycles. The highest BCUT2D eigenvalue weighted by molar-refractivity contribution is 5.84. The smallest absolute Gasteiger partial charge is 0.326 e. The number of carboxylic acid groups (broad SMARTS) is 1. The van der Waals surface area contributed by atoms with E-state index in [0.29, 0.717) is 12.2 Å². The fourth-order valence-corrected chi connectivity index (χ4v) is 1.76. The van der Waals surface area contributed by atoms with Crippen LogP contribution in [0, 0.1) is 6.92 Å². The van der Waals surface area contributed by atoms with E-state index in [2.05, 4.69) is 5.32 Å². The molecule has 20 heavy (non-hydrogen) atoms. The summed E-state index contributed by atoms with van der Waals surface area (Å²) in [5, 5.41) is 11.5. The van der Waals surface area contributed by atoms with Gasteiger partial charge in [-0.2, -0.15) is 0 Å². The quantitative estimate of drug-likeness (QED) is 0.764. The van der Waals surface area contributed by atoms with E-state index in [4.69, 9.17) is 9.84 Å². The monoisotopic (exact) mass is 279 g/mol. The first-order valence-corrected chi connectivity index (χ1v) is 6.75. The van der Waals surface area contributed by atoms with Crippen LogP contribution < -0.4 is 10.1 Å². The number of hydrogen-bond acceptors (Lipinski definition) is 3. The third kappa shape index (κ3) is 5.30. The molecule has 0 unspecified atom stereocenters. The first-order chi connectivity index (χ1) is 9.54. The highest BCUT2D eigenvalue weighted by Gasteiger charge is 2.19. The molecule has 5 nitrogen and oxygen atoms in total. The van der Waals surface area contributed by atoms with Crippen molar-refractivity contribution >= 4 is 11.9 Å². The summed E-state index contributed by atoms with van der Waals surface area (Å²) in [6.45, 7) is 3.68. The lowest BCUT2D eigenvalue weighted by Crippen LogP contribution is -2.42. The minimum atomic E-state index is -1.01. The van der Waals surface area contributed by atoms with Crippen molar-refractivity contribution in [1.82, 2.24) is 5.32 Å². The number of carboxylic acids is 1. The lowest BCUT2D eigenvalue weighted by molar-refractivity contribution is -0.142. The molecule has 1 rings (SSSR count). The minimum Gasteiger partial charge on any atom is -0.484 e. The molecule has 5 heteroatoms. The van der Waals surface area contributed by atoms with E-state index in [9.17, 15) is 9.59 Å². The van der Waals surface area contributed by atoms with Crippen LogP contribution in [0.3, 0.4) is 0 Å². The van der Waals surface area contributed by atoms with Crippen molar-refractivity contribution in [2.45, 2.75) is 39.2 Å². The van der Waals surface area contributed by atoms with Gasteiger partial charge in [0, 0.05) is 0 Å². The summed E-state index contributed by atoms with van der Waals surface area (Å²) < 4.78 is 5.38. The van der Waals surface area contributed by atoms with E-state index in [1.54, 1.807) is 6.07 Å². The molecule has 1 amide bonds. The van der Waals surface area contributed by atoms with E-state index in [-0.39, 0.29) is 6.61 Å². The second kappa shape index (κ2) is 8.19. The Kier molecular flexibility index (Phi) is 6.56. The van der Waals surface area contributed by atoms with Crippen LogP contribution in [-0.4, -0.2) is 29.6 Å². The maximum Gasteiger partial charge on any atom is 0.326 e.